The Kier molecular flexibility index (Phi) is 7.59. The van der Waals surface area contributed by atoms with E-state index in [2.05, 4.69) is 4.74 Å². The third-order valence-corrected chi connectivity index (χ3v) is 6.50. The molecule has 3 aromatic carbocycles. The molecule has 1 aliphatic carbocycles. The first-order chi connectivity index (χ1) is 17.1. The molecule has 0 heterocycles. The summed E-state index contributed by atoms with van der Waals surface area (Å²) in [5.41, 5.74) is -0.200. The van der Waals surface area contributed by atoms with Crippen molar-refractivity contribution in [2.24, 2.45) is 5.92 Å². The van der Waals surface area contributed by atoms with Gasteiger partial charge in [-0.15, -0.1) is 0 Å². The summed E-state index contributed by atoms with van der Waals surface area (Å²) in [6.07, 6.45) is -0.531. The molecule has 0 amide bonds. The predicted molar refractivity (Wildman–Crippen MR) is 119 cm³/mol. The maximum absolute atomic E-state index is 14.7. The molecule has 1 aliphatic rings. The van der Waals surface area contributed by atoms with E-state index in [4.69, 9.17) is 4.74 Å². The van der Waals surface area contributed by atoms with Crippen LogP contribution in [0.3, 0.4) is 0 Å². The highest BCUT2D eigenvalue weighted by Crippen LogP contribution is 2.39. The zero-order chi connectivity index (χ0) is 26.0. The van der Waals surface area contributed by atoms with Gasteiger partial charge in [-0.2, -0.15) is 8.78 Å². The largest absolute Gasteiger partial charge is 0.432 e. The Morgan fingerprint density at radius 2 is 1.31 bits per heavy atom. The fraction of sp³-hybridized carbons (Fsp3) is 0.333. The summed E-state index contributed by atoms with van der Waals surface area (Å²) in [6.45, 7) is 0.737. The highest BCUT2D eigenvalue weighted by Gasteiger charge is 2.41. The zero-order valence-corrected chi connectivity index (χ0v) is 19.3. The Hall–Kier alpha value is -3.07. The van der Waals surface area contributed by atoms with Gasteiger partial charge in [0.1, 0.15) is 22.9 Å². The van der Waals surface area contributed by atoms with Crippen LogP contribution in [0.25, 0.3) is 11.1 Å². The highest BCUT2D eigenvalue weighted by atomic mass is 19.3. The van der Waals surface area contributed by atoms with E-state index >= 15 is 0 Å². The monoisotopic (exact) mass is 512 g/mol. The number of methoxy groups -OCH3 is 1. The molecule has 0 aromatic heterocycles. The Labute approximate surface area is 203 Å². The molecule has 0 aliphatic heterocycles. The van der Waals surface area contributed by atoms with E-state index in [0.717, 1.165) is 50.0 Å². The number of hydrogen-bond donors (Lipinski definition) is 0. The molecule has 1 fully saturated rings. The predicted octanol–water partition coefficient (Wildman–Crippen LogP) is 8.10. The Balaban J connectivity index is 1.53. The maximum atomic E-state index is 14.7. The lowest BCUT2D eigenvalue weighted by Crippen LogP contribution is -2.25. The number of alkyl halides is 2. The Morgan fingerprint density at radius 1 is 0.750 bits per heavy atom. The minimum Gasteiger partial charge on any atom is -0.429 e. The zero-order valence-electron chi connectivity index (χ0n) is 19.3. The van der Waals surface area contributed by atoms with E-state index in [1.165, 1.54) is 0 Å². The summed E-state index contributed by atoms with van der Waals surface area (Å²) in [4.78, 5) is 0. The van der Waals surface area contributed by atoms with Crippen LogP contribution >= 0.6 is 0 Å². The van der Waals surface area contributed by atoms with Crippen LogP contribution in [0.15, 0.2) is 48.5 Å². The van der Waals surface area contributed by atoms with Gasteiger partial charge in [-0.25, -0.2) is 22.0 Å². The summed E-state index contributed by atoms with van der Waals surface area (Å²) in [5, 5.41) is 0. The summed E-state index contributed by atoms with van der Waals surface area (Å²) in [7, 11) is 1.69. The highest BCUT2D eigenvalue weighted by molar-refractivity contribution is 5.64. The first kappa shape index (κ1) is 26.0. The van der Waals surface area contributed by atoms with Crippen molar-refractivity contribution in [2.45, 2.75) is 37.7 Å². The van der Waals surface area contributed by atoms with Crippen molar-refractivity contribution in [2.75, 3.05) is 13.7 Å². The van der Waals surface area contributed by atoms with Gasteiger partial charge in [-0.05, 0) is 66.3 Å². The van der Waals surface area contributed by atoms with Gasteiger partial charge in [0.05, 0.1) is 0 Å². The maximum Gasteiger partial charge on any atom is 0.432 e. The summed E-state index contributed by atoms with van der Waals surface area (Å²) >= 11 is 0. The number of ether oxygens (including phenoxy) is 2. The van der Waals surface area contributed by atoms with Gasteiger partial charge in [-0.3, -0.25) is 0 Å². The average molecular weight is 512 g/mol. The second-order valence-electron chi connectivity index (χ2n) is 8.93. The molecule has 36 heavy (non-hydrogen) atoms. The number of benzene rings is 3. The summed E-state index contributed by atoms with van der Waals surface area (Å²) in [6, 6.07) is 8.82. The van der Waals surface area contributed by atoms with Crippen LogP contribution in [0.5, 0.6) is 5.75 Å². The van der Waals surface area contributed by atoms with Gasteiger partial charge in [0.2, 0.25) is 0 Å². The van der Waals surface area contributed by atoms with Crippen molar-refractivity contribution < 1.29 is 40.2 Å². The number of rotatable bonds is 7. The van der Waals surface area contributed by atoms with Crippen molar-refractivity contribution in [1.82, 2.24) is 0 Å². The van der Waals surface area contributed by atoms with E-state index < -0.39 is 46.5 Å². The molecule has 0 bridgehead atoms. The molecule has 0 spiro atoms. The van der Waals surface area contributed by atoms with Gasteiger partial charge >= 0.3 is 6.11 Å². The molecular formula is C27H23F7O2. The molecule has 4 rings (SSSR count). The van der Waals surface area contributed by atoms with Crippen LogP contribution in [0.2, 0.25) is 0 Å². The van der Waals surface area contributed by atoms with Gasteiger partial charge in [0.15, 0.2) is 17.5 Å². The first-order valence-electron chi connectivity index (χ1n) is 11.4. The SMILES string of the molecule is COCC1CCC(c2ccc(-c3cc(F)c(C(F)(F)Oc4cc(F)c(F)c(F)c4)c(F)c3)cc2)CC1. The van der Waals surface area contributed by atoms with Gasteiger partial charge < -0.3 is 9.47 Å². The van der Waals surface area contributed by atoms with Crippen molar-refractivity contribution in [3.63, 3.8) is 0 Å². The standard InChI is InChI=1S/C27H23F7O2/c1-35-14-15-2-4-16(5-3-15)17-6-8-18(9-7-17)19-10-21(28)25(22(29)11-19)27(33,34)36-20-12-23(30)26(32)24(31)13-20/h6-13,15-16H,2-5,14H2,1H3. The summed E-state index contributed by atoms with van der Waals surface area (Å²) in [5.74, 6) is -8.93. The first-order valence-corrected chi connectivity index (χ1v) is 11.4. The smallest absolute Gasteiger partial charge is 0.429 e. The van der Waals surface area contributed by atoms with E-state index in [9.17, 15) is 30.7 Å². The normalized spacial score (nSPS) is 18.3. The van der Waals surface area contributed by atoms with Crippen molar-refractivity contribution in [3.8, 4) is 16.9 Å². The minimum absolute atomic E-state index is 0.0266. The molecular weight excluding hydrogens is 489 g/mol. The molecule has 9 heteroatoms. The van der Waals surface area contributed by atoms with Crippen molar-refractivity contribution >= 4 is 0 Å². The second-order valence-corrected chi connectivity index (χ2v) is 8.93. The minimum atomic E-state index is -4.63. The fourth-order valence-electron chi connectivity index (χ4n) is 4.65. The molecule has 3 aromatic rings. The molecule has 0 saturated heterocycles. The topological polar surface area (TPSA) is 18.5 Å². The molecule has 0 unspecified atom stereocenters. The Morgan fingerprint density at radius 3 is 1.83 bits per heavy atom. The van der Waals surface area contributed by atoms with Gasteiger partial charge in [0, 0.05) is 25.8 Å². The van der Waals surface area contributed by atoms with Gasteiger partial charge in [-0.1, -0.05) is 24.3 Å². The van der Waals surface area contributed by atoms with E-state index in [1.54, 1.807) is 19.2 Å². The molecule has 0 radical (unpaired) electrons. The van der Waals surface area contributed by atoms with Gasteiger partial charge in [0.25, 0.3) is 0 Å². The molecule has 192 valence electrons. The van der Waals surface area contributed by atoms with Crippen molar-refractivity contribution in [3.05, 3.63) is 88.7 Å². The molecule has 0 atom stereocenters. The van der Waals surface area contributed by atoms with Crippen LogP contribution in [0.1, 0.15) is 42.7 Å². The van der Waals surface area contributed by atoms with Crippen LogP contribution in [0, 0.1) is 35.0 Å². The third kappa shape index (κ3) is 5.51. The number of halogens is 7. The summed E-state index contributed by atoms with van der Waals surface area (Å²) < 4.78 is 107. The van der Waals surface area contributed by atoms with E-state index in [1.807, 2.05) is 12.1 Å². The lowest BCUT2D eigenvalue weighted by molar-refractivity contribution is -0.189. The van der Waals surface area contributed by atoms with Crippen molar-refractivity contribution in [1.29, 1.82) is 0 Å². The average Bonchev–Trinajstić information content (AvgIpc) is 2.82. The van der Waals surface area contributed by atoms with E-state index in [-0.39, 0.29) is 17.7 Å². The quantitative estimate of drug-likeness (QED) is 0.235. The number of hydrogen-bond acceptors (Lipinski definition) is 2. The third-order valence-electron chi connectivity index (χ3n) is 6.50. The van der Waals surface area contributed by atoms with E-state index in [0.29, 0.717) is 17.4 Å². The van der Waals surface area contributed by atoms with Crippen LogP contribution in [-0.2, 0) is 10.8 Å². The lowest BCUT2D eigenvalue weighted by Gasteiger charge is -2.28. The second kappa shape index (κ2) is 10.5. The molecule has 0 N–H and O–H groups in total. The van der Waals surface area contributed by atoms with Crippen LogP contribution < -0.4 is 4.74 Å². The lowest BCUT2D eigenvalue weighted by atomic mass is 9.79. The van der Waals surface area contributed by atoms with Crippen LogP contribution in [-0.4, -0.2) is 13.7 Å². The fourth-order valence-corrected chi connectivity index (χ4v) is 4.65. The van der Waals surface area contributed by atoms with Crippen LogP contribution in [0.4, 0.5) is 30.7 Å². The Bertz CT molecular complexity index is 1170. The molecule has 2 nitrogen and oxygen atoms in total. The molecule has 1 saturated carbocycles.